The molecule has 0 radical (unpaired) electrons. The average Bonchev–Trinajstić information content (AvgIpc) is 2.76. The molecule has 0 amide bonds. The van der Waals surface area contributed by atoms with Crippen LogP contribution in [0.2, 0.25) is 0 Å². The molecule has 4 heteroatoms. The zero-order valence-electron chi connectivity index (χ0n) is 15.1. The second-order valence-electron chi connectivity index (χ2n) is 6.04. The third-order valence-corrected chi connectivity index (χ3v) is 5.87. The molecule has 0 atom stereocenters. The van der Waals surface area contributed by atoms with E-state index in [-0.39, 0.29) is 15.5 Å². The van der Waals surface area contributed by atoms with Crippen molar-refractivity contribution in [2.24, 2.45) is 0 Å². The Labute approximate surface area is 165 Å². The van der Waals surface area contributed by atoms with Crippen molar-refractivity contribution in [1.82, 2.24) is 0 Å². The molecule has 0 spiro atoms. The van der Waals surface area contributed by atoms with Crippen molar-refractivity contribution in [3.8, 4) is 16.9 Å². The Morgan fingerprint density at radius 2 is 0.821 bits per heavy atom. The molecule has 0 bridgehead atoms. The van der Waals surface area contributed by atoms with Gasteiger partial charge in [-0.05, 0) is 47.5 Å². The summed E-state index contributed by atoms with van der Waals surface area (Å²) >= 11 is 0. The van der Waals surface area contributed by atoms with E-state index in [4.69, 9.17) is 5.11 Å². The van der Waals surface area contributed by atoms with Gasteiger partial charge in [0.05, 0.1) is 9.79 Å². The van der Waals surface area contributed by atoms with E-state index in [2.05, 4.69) is 48.5 Å². The van der Waals surface area contributed by atoms with Crippen molar-refractivity contribution >= 4 is 9.84 Å². The van der Waals surface area contributed by atoms with Crippen LogP contribution in [0, 0.1) is 0 Å². The van der Waals surface area contributed by atoms with Gasteiger partial charge in [0, 0.05) is 0 Å². The van der Waals surface area contributed by atoms with Crippen molar-refractivity contribution in [1.29, 1.82) is 0 Å². The fraction of sp³-hybridized carbons (Fsp3) is 0. The molecular weight excluding hydrogens is 368 g/mol. The molecule has 0 aromatic heterocycles. The molecule has 140 valence electrons. The Morgan fingerprint density at radius 3 is 1.25 bits per heavy atom. The van der Waals surface area contributed by atoms with Gasteiger partial charge in [0.2, 0.25) is 9.84 Å². The van der Waals surface area contributed by atoms with Crippen molar-refractivity contribution in [2.75, 3.05) is 0 Å². The van der Waals surface area contributed by atoms with E-state index in [1.807, 2.05) is 12.1 Å². The molecule has 4 aromatic carbocycles. The number of rotatable bonds is 3. The Hall–Kier alpha value is -3.37. The summed E-state index contributed by atoms with van der Waals surface area (Å²) in [5, 5.41) is 9.10. The van der Waals surface area contributed by atoms with Gasteiger partial charge in [-0.25, -0.2) is 8.42 Å². The lowest BCUT2D eigenvalue weighted by Gasteiger charge is -2.03. The summed E-state index contributed by atoms with van der Waals surface area (Å²) in [6.07, 6.45) is 0. The van der Waals surface area contributed by atoms with E-state index in [0.29, 0.717) is 0 Å². The maximum Gasteiger partial charge on any atom is 0.206 e. The lowest BCUT2D eigenvalue weighted by Crippen LogP contribution is -2.00. The van der Waals surface area contributed by atoms with Crippen LogP contribution in [0.25, 0.3) is 11.1 Å². The Balaban J connectivity index is 0.000000167. The molecule has 0 saturated carbocycles. The van der Waals surface area contributed by atoms with Gasteiger partial charge >= 0.3 is 0 Å². The second-order valence-corrected chi connectivity index (χ2v) is 7.99. The fourth-order valence-corrected chi connectivity index (χ4v) is 3.90. The summed E-state index contributed by atoms with van der Waals surface area (Å²) < 4.78 is 24.1. The Kier molecular flexibility index (Phi) is 6.25. The predicted octanol–water partition coefficient (Wildman–Crippen LogP) is 5.58. The van der Waals surface area contributed by atoms with Crippen LogP contribution in [-0.2, 0) is 9.84 Å². The first kappa shape index (κ1) is 19.4. The first-order valence-electron chi connectivity index (χ1n) is 8.77. The van der Waals surface area contributed by atoms with Crippen LogP contribution in [0.15, 0.2) is 125 Å². The summed E-state index contributed by atoms with van der Waals surface area (Å²) in [4.78, 5) is 0.428. The fourth-order valence-electron chi connectivity index (χ4n) is 2.62. The van der Waals surface area contributed by atoms with Gasteiger partial charge in [0.15, 0.2) is 0 Å². The number of sulfone groups is 1. The second kappa shape index (κ2) is 9.02. The van der Waals surface area contributed by atoms with E-state index < -0.39 is 9.84 Å². The SMILES string of the molecule is O=S(=O)(c1ccccc1)c1ccc(O)cc1.c1ccc(-c2ccccc2)cc1. The molecular formula is C24H20O3S. The van der Waals surface area contributed by atoms with Gasteiger partial charge in [-0.1, -0.05) is 78.9 Å². The molecule has 0 fully saturated rings. The van der Waals surface area contributed by atoms with Crippen molar-refractivity contribution in [2.45, 2.75) is 9.79 Å². The maximum atomic E-state index is 12.1. The van der Waals surface area contributed by atoms with Crippen LogP contribution in [0.1, 0.15) is 0 Å². The van der Waals surface area contributed by atoms with Crippen LogP contribution < -0.4 is 0 Å². The predicted molar refractivity (Wildman–Crippen MR) is 112 cm³/mol. The van der Waals surface area contributed by atoms with Gasteiger partial charge in [-0.3, -0.25) is 0 Å². The highest BCUT2D eigenvalue weighted by Crippen LogP contribution is 2.22. The molecule has 3 nitrogen and oxygen atoms in total. The Bertz CT molecular complexity index is 1050. The molecule has 0 heterocycles. The number of aromatic hydroxyl groups is 1. The number of hydrogen-bond acceptors (Lipinski definition) is 3. The average molecular weight is 388 g/mol. The molecule has 4 aromatic rings. The van der Waals surface area contributed by atoms with Crippen LogP contribution in [0.4, 0.5) is 0 Å². The highest BCUT2D eigenvalue weighted by atomic mass is 32.2. The minimum absolute atomic E-state index is 0.0482. The van der Waals surface area contributed by atoms with Gasteiger partial charge in [0.1, 0.15) is 5.75 Å². The molecule has 28 heavy (non-hydrogen) atoms. The van der Waals surface area contributed by atoms with E-state index >= 15 is 0 Å². The lowest BCUT2D eigenvalue weighted by atomic mass is 10.1. The monoisotopic (exact) mass is 388 g/mol. The van der Waals surface area contributed by atoms with Crippen LogP contribution in [0.5, 0.6) is 5.75 Å². The third-order valence-electron chi connectivity index (χ3n) is 4.08. The molecule has 0 unspecified atom stereocenters. The third kappa shape index (κ3) is 4.87. The molecule has 0 aliphatic rings. The van der Waals surface area contributed by atoms with Crippen molar-refractivity contribution in [3.63, 3.8) is 0 Å². The molecule has 0 aliphatic carbocycles. The molecule has 0 aliphatic heterocycles. The van der Waals surface area contributed by atoms with Gasteiger partial charge in [-0.2, -0.15) is 0 Å². The zero-order chi connectivity index (χ0) is 19.8. The number of hydrogen-bond donors (Lipinski definition) is 1. The number of phenolic OH excluding ortho intramolecular Hbond substituents is 1. The largest absolute Gasteiger partial charge is 0.508 e. The topological polar surface area (TPSA) is 54.4 Å². The number of phenols is 1. The van der Waals surface area contributed by atoms with Crippen molar-refractivity contribution in [3.05, 3.63) is 115 Å². The standard InChI is InChI=1S/C12H10O3S.C12H10/c13-10-6-8-12(9-7-10)16(14,15)11-4-2-1-3-5-11;1-3-7-11(8-4-1)12-9-5-2-6-10-12/h1-9,13H;1-10H. The van der Waals surface area contributed by atoms with Gasteiger partial charge in [0.25, 0.3) is 0 Å². The summed E-state index contributed by atoms with van der Waals surface area (Å²) in [7, 11) is -3.47. The lowest BCUT2D eigenvalue weighted by molar-refractivity contribution is 0.475. The first-order valence-corrected chi connectivity index (χ1v) is 10.3. The minimum atomic E-state index is -3.47. The van der Waals surface area contributed by atoms with Crippen LogP contribution >= 0.6 is 0 Å². The smallest absolute Gasteiger partial charge is 0.206 e. The van der Waals surface area contributed by atoms with E-state index in [0.717, 1.165) is 0 Å². The maximum absolute atomic E-state index is 12.1. The van der Waals surface area contributed by atoms with E-state index in [1.165, 1.54) is 35.4 Å². The summed E-state index contributed by atoms with van der Waals surface area (Å²) in [6, 6.07) is 34.5. The minimum Gasteiger partial charge on any atom is -0.508 e. The molecule has 4 rings (SSSR count). The first-order chi connectivity index (χ1) is 13.6. The van der Waals surface area contributed by atoms with Crippen LogP contribution in [-0.4, -0.2) is 13.5 Å². The van der Waals surface area contributed by atoms with Crippen LogP contribution in [0.3, 0.4) is 0 Å². The highest BCUT2D eigenvalue weighted by Gasteiger charge is 2.16. The number of benzene rings is 4. The normalized spacial score (nSPS) is 10.6. The Morgan fingerprint density at radius 1 is 0.464 bits per heavy atom. The van der Waals surface area contributed by atoms with Crippen molar-refractivity contribution < 1.29 is 13.5 Å². The quantitative estimate of drug-likeness (QED) is 0.498. The van der Waals surface area contributed by atoms with Gasteiger partial charge < -0.3 is 5.11 Å². The summed E-state index contributed by atoms with van der Waals surface area (Å²) in [5.74, 6) is 0.0482. The summed E-state index contributed by atoms with van der Waals surface area (Å²) in [6.45, 7) is 0. The van der Waals surface area contributed by atoms with E-state index in [1.54, 1.807) is 30.3 Å². The molecule has 1 N–H and O–H groups in total. The van der Waals surface area contributed by atoms with E-state index in [9.17, 15) is 8.42 Å². The van der Waals surface area contributed by atoms with Gasteiger partial charge in [-0.15, -0.1) is 0 Å². The zero-order valence-corrected chi connectivity index (χ0v) is 16.0. The molecule has 0 saturated heterocycles. The highest BCUT2D eigenvalue weighted by molar-refractivity contribution is 7.91. The summed E-state index contributed by atoms with van der Waals surface area (Å²) in [5.41, 5.74) is 2.55.